The van der Waals surface area contributed by atoms with Gasteiger partial charge in [0.2, 0.25) is 0 Å². The van der Waals surface area contributed by atoms with E-state index in [0.29, 0.717) is 0 Å². The van der Waals surface area contributed by atoms with Gasteiger partial charge in [0.1, 0.15) is 8.80 Å². The Bertz CT molecular complexity index is 518. The van der Waals surface area contributed by atoms with E-state index >= 15 is 0 Å². The molecule has 1 aliphatic rings. The van der Waals surface area contributed by atoms with Gasteiger partial charge in [-0.25, -0.2) is 0 Å². The topological polar surface area (TPSA) is 39.8 Å². The van der Waals surface area contributed by atoms with Crippen LogP contribution < -0.4 is 10.4 Å². The fourth-order valence-corrected chi connectivity index (χ4v) is 4.39. The van der Waals surface area contributed by atoms with E-state index in [1.165, 1.54) is 36.1 Å². The zero-order chi connectivity index (χ0) is 18.2. The Balaban J connectivity index is 0. The van der Waals surface area contributed by atoms with Crippen LogP contribution in [0.25, 0.3) is 0 Å². The molecule has 1 fully saturated rings. The van der Waals surface area contributed by atoms with Crippen LogP contribution in [-0.2, 0) is 26.4 Å². The summed E-state index contributed by atoms with van der Waals surface area (Å²) in [6, 6.07) is 21.5. The van der Waals surface area contributed by atoms with Gasteiger partial charge in [0.05, 0.1) is 0 Å². The minimum Gasteiger partial charge on any atom is 0 e. The van der Waals surface area contributed by atoms with Crippen LogP contribution in [0.15, 0.2) is 60.7 Å². The van der Waals surface area contributed by atoms with E-state index in [1.807, 2.05) is 0 Å². The van der Waals surface area contributed by atoms with Gasteiger partial charge in [-0.3, -0.25) is 0 Å². The third-order valence-electron chi connectivity index (χ3n) is 4.06. The van der Waals surface area contributed by atoms with E-state index < -0.39 is 8.80 Å². The average Bonchev–Trinajstić information content (AvgIpc) is 3.17. The molecule has 0 bridgehead atoms. The third kappa shape index (κ3) is 11.0. The summed E-state index contributed by atoms with van der Waals surface area (Å²) in [4.78, 5) is 0. The molecule has 2 radical (unpaired) electrons. The molecule has 0 atom stereocenters. The van der Waals surface area contributed by atoms with Gasteiger partial charge >= 0.3 is 22.6 Å². The molecule has 0 heterocycles. The van der Waals surface area contributed by atoms with Crippen LogP contribution >= 0.6 is 0 Å². The quantitative estimate of drug-likeness (QED) is 0.420. The molecule has 2 aromatic rings. The molecule has 0 amide bonds. The second-order valence-corrected chi connectivity index (χ2v) is 8.15. The van der Waals surface area contributed by atoms with Crippen LogP contribution in [-0.4, -0.2) is 8.80 Å². The standard InChI is InChI=1S/C13H13Si.C6H12.2CO.Mn/c1-14(12-8-4-2-5-9-12)13-10-6-3-7-11-13;1-6-4-2-3-5-6;2*1-2;/h2-11H,1H3;6H,2-5H2,1H3;;;. The van der Waals surface area contributed by atoms with Gasteiger partial charge in [-0.1, -0.05) is 110 Å². The van der Waals surface area contributed by atoms with Crippen LogP contribution in [0.4, 0.5) is 0 Å². The molecule has 132 valence electrons. The predicted octanol–water partition coefficient (Wildman–Crippen LogP) is 4.04. The van der Waals surface area contributed by atoms with Gasteiger partial charge in [0.25, 0.3) is 0 Å². The monoisotopic (exact) mass is 392 g/mol. The van der Waals surface area contributed by atoms with Crippen molar-refractivity contribution >= 4 is 19.2 Å². The summed E-state index contributed by atoms with van der Waals surface area (Å²) in [5.41, 5.74) is 0. The van der Waals surface area contributed by atoms with Crippen molar-refractivity contribution in [2.45, 2.75) is 39.2 Å². The average molecular weight is 392 g/mol. The van der Waals surface area contributed by atoms with Crippen molar-refractivity contribution in [1.82, 2.24) is 0 Å². The van der Waals surface area contributed by atoms with Gasteiger partial charge in [-0.15, -0.1) is 0 Å². The molecule has 0 spiro atoms. The number of hydrogen-bond donors (Lipinski definition) is 0. The summed E-state index contributed by atoms with van der Waals surface area (Å²) in [5, 5.41) is 2.95. The minimum atomic E-state index is -0.545. The maximum Gasteiger partial charge on any atom is 0 e. The van der Waals surface area contributed by atoms with E-state index in [2.05, 4.69) is 87.4 Å². The summed E-state index contributed by atoms with van der Waals surface area (Å²) in [5.74, 6) is 1.05. The Hall–Kier alpha value is -1.34. The maximum absolute atomic E-state index is 7.50. The fourth-order valence-electron chi connectivity index (χ4n) is 2.67. The van der Waals surface area contributed by atoms with Crippen LogP contribution in [0, 0.1) is 19.2 Å². The summed E-state index contributed by atoms with van der Waals surface area (Å²) in [6.07, 6.45) is 5.95. The SMILES string of the molecule is CC1CCCC1.C[Si](c1ccccc1)c1ccccc1.[C-]#[O+].[C-]#[O+].[Mn]. The molecule has 0 aromatic heterocycles. The number of hydrogen-bond acceptors (Lipinski definition) is 0. The second kappa shape index (κ2) is 17.5. The first-order valence-corrected chi connectivity index (χ1v) is 10.1. The Morgan fingerprint density at radius 2 is 1.08 bits per heavy atom. The third-order valence-corrected chi connectivity index (χ3v) is 6.46. The van der Waals surface area contributed by atoms with E-state index in [0.717, 1.165) is 5.92 Å². The Morgan fingerprint density at radius 1 is 0.760 bits per heavy atom. The van der Waals surface area contributed by atoms with Crippen molar-refractivity contribution in [3.8, 4) is 0 Å². The molecule has 0 aliphatic heterocycles. The zero-order valence-electron chi connectivity index (χ0n) is 14.9. The van der Waals surface area contributed by atoms with Crippen molar-refractivity contribution < 1.29 is 26.4 Å². The van der Waals surface area contributed by atoms with E-state index in [4.69, 9.17) is 9.30 Å². The number of benzene rings is 2. The first-order valence-electron chi connectivity index (χ1n) is 8.12. The summed E-state index contributed by atoms with van der Waals surface area (Å²) < 4.78 is 15.0. The van der Waals surface area contributed by atoms with Crippen LogP contribution in [0.1, 0.15) is 32.6 Å². The van der Waals surface area contributed by atoms with Crippen molar-refractivity contribution in [2.24, 2.45) is 5.92 Å². The molecule has 3 rings (SSSR count). The van der Waals surface area contributed by atoms with E-state index in [9.17, 15) is 0 Å². The van der Waals surface area contributed by atoms with Crippen molar-refractivity contribution in [1.29, 1.82) is 0 Å². The van der Waals surface area contributed by atoms with Gasteiger partial charge < -0.3 is 0 Å². The van der Waals surface area contributed by atoms with Crippen LogP contribution in [0.3, 0.4) is 0 Å². The minimum absolute atomic E-state index is 0. The molecule has 2 nitrogen and oxygen atoms in total. The van der Waals surface area contributed by atoms with Crippen molar-refractivity contribution in [3.63, 3.8) is 0 Å². The number of rotatable bonds is 2. The largest absolute Gasteiger partial charge is 0 e. The first kappa shape index (κ1) is 25.9. The zero-order valence-corrected chi connectivity index (χ0v) is 17.1. The summed E-state index contributed by atoms with van der Waals surface area (Å²) >= 11 is 0. The smallest absolute Gasteiger partial charge is 0 e. The molecule has 2 aromatic carbocycles. The first-order chi connectivity index (χ1) is 11.8. The Morgan fingerprint density at radius 3 is 1.32 bits per heavy atom. The predicted molar refractivity (Wildman–Crippen MR) is 99.3 cm³/mol. The fraction of sp³-hybridized carbons (Fsp3) is 0.333. The molecule has 0 unspecified atom stereocenters. The summed E-state index contributed by atoms with van der Waals surface area (Å²) in [6.45, 7) is 13.7. The van der Waals surface area contributed by atoms with Crippen molar-refractivity contribution in [3.05, 3.63) is 74.0 Å². The van der Waals surface area contributed by atoms with E-state index in [-0.39, 0.29) is 17.1 Å². The van der Waals surface area contributed by atoms with Gasteiger partial charge in [0, 0.05) is 17.1 Å². The Kier molecular flexibility index (Phi) is 18.1. The molecule has 0 saturated heterocycles. The molecular weight excluding hydrogens is 367 g/mol. The van der Waals surface area contributed by atoms with Crippen LogP contribution in [0.2, 0.25) is 6.55 Å². The normalized spacial score (nSPS) is 12.1. The Labute approximate surface area is 164 Å². The summed E-state index contributed by atoms with van der Waals surface area (Å²) in [7, 11) is -0.545. The van der Waals surface area contributed by atoms with Gasteiger partial charge in [0.15, 0.2) is 0 Å². The van der Waals surface area contributed by atoms with E-state index in [1.54, 1.807) is 0 Å². The maximum atomic E-state index is 7.50. The van der Waals surface area contributed by atoms with Crippen LogP contribution in [0.5, 0.6) is 0 Å². The second-order valence-electron chi connectivity index (χ2n) is 5.75. The molecule has 25 heavy (non-hydrogen) atoms. The molecule has 0 N–H and O–H groups in total. The van der Waals surface area contributed by atoms with Crippen molar-refractivity contribution in [2.75, 3.05) is 0 Å². The molecule has 4 heteroatoms. The molecular formula is C21H25MnO2Si. The molecule has 1 aliphatic carbocycles. The van der Waals surface area contributed by atoms with Gasteiger partial charge in [-0.05, 0) is 5.92 Å². The van der Waals surface area contributed by atoms with Gasteiger partial charge in [-0.2, -0.15) is 0 Å². The molecule has 1 saturated carbocycles.